The minimum Gasteiger partial charge on any atom is -0.477 e. The van der Waals surface area contributed by atoms with E-state index in [2.05, 4.69) is 0 Å². The highest BCUT2D eigenvalue weighted by molar-refractivity contribution is 8.05. The number of aliphatic carboxylic acids is 1. The molecule has 0 saturated carbocycles. The maximum Gasteiger partial charge on any atom is 0.341 e. The molecule has 3 nitrogen and oxygen atoms in total. The SMILES string of the molecule is O=CC1=CC2SC(C(=O)O)=CC2C=C1. The highest BCUT2D eigenvalue weighted by atomic mass is 32.2. The van der Waals surface area contributed by atoms with Gasteiger partial charge in [0.15, 0.2) is 0 Å². The molecule has 0 fully saturated rings. The largest absolute Gasteiger partial charge is 0.477 e. The molecule has 2 rings (SSSR count). The monoisotopic (exact) mass is 208 g/mol. The maximum atomic E-state index is 10.7. The van der Waals surface area contributed by atoms with Crippen LogP contribution in [0.1, 0.15) is 0 Å². The molecule has 2 unspecified atom stereocenters. The minimum absolute atomic E-state index is 0.0753. The van der Waals surface area contributed by atoms with Crippen LogP contribution in [0.2, 0.25) is 0 Å². The van der Waals surface area contributed by atoms with E-state index in [1.807, 2.05) is 12.2 Å². The summed E-state index contributed by atoms with van der Waals surface area (Å²) in [4.78, 5) is 21.6. The van der Waals surface area contributed by atoms with Gasteiger partial charge in [-0.05, 0) is 0 Å². The van der Waals surface area contributed by atoms with Crippen LogP contribution in [0, 0.1) is 5.92 Å². The Hall–Kier alpha value is -1.29. The van der Waals surface area contributed by atoms with E-state index in [4.69, 9.17) is 5.11 Å². The zero-order valence-corrected chi connectivity index (χ0v) is 8.03. The lowest BCUT2D eigenvalue weighted by molar-refractivity contribution is -0.131. The summed E-state index contributed by atoms with van der Waals surface area (Å²) in [6.07, 6.45) is 7.93. The van der Waals surface area contributed by atoms with Gasteiger partial charge >= 0.3 is 5.97 Å². The summed E-state index contributed by atoms with van der Waals surface area (Å²) in [7, 11) is 0. The Morgan fingerprint density at radius 2 is 2.29 bits per heavy atom. The molecule has 0 aromatic heterocycles. The first-order valence-corrected chi connectivity index (χ1v) is 5.05. The number of aldehydes is 1. The number of rotatable bonds is 2. The Morgan fingerprint density at radius 3 is 2.93 bits per heavy atom. The van der Waals surface area contributed by atoms with Crippen molar-refractivity contribution in [2.45, 2.75) is 5.25 Å². The molecule has 72 valence electrons. The lowest BCUT2D eigenvalue weighted by Crippen LogP contribution is -2.10. The Morgan fingerprint density at radius 1 is 1.50 bits per heavy atom. The van der Waals surface area contributed by atoms with E-state index in [1.54, 1.807) is 12.2 Å². The van der Waals surface area contributed by atoms with Crippen LogP contribution in [0.15, 0.2) is 34.8 Å². The summed E-state index contributed by atoms with van der Waals surface area (Å²) in [5.74, 6) is -0.770. The Kier molecular flexibility index (Phi) is 2.29. The molecule has 4 heteroatoms. The van der Waals surface area contributed by atoms with Crippen molar-refractivity contribution in [1.29, 1.82) is 0 Å². The van der Waals surface area contributed by atoms with Crippen molar-refractivity contribution in [2.24, 2.45) is 5.92 Å². The van der Waals surface area contributed by atoms with Crippen molar-refractivity contribution in [3.8, 4) is 0 Å². The van der Waals surface area contributed by atoms with E-state index < -0.39 is 5.97 Å². The fraction of sp³-hybridized carbons (Fsp3) is 0.200. The molecule has 0 saturated heterocycles. The number of fused-ring (bicyclic) bond motifs is 1. The number of carboxylic acids is 1. The second kappa shape index (κ2) is 3.46. The van der Waals surface area contributed by atoms with Gasteiger partial charge in [0, 0.05) is 16.7 Å². The average Bonchev–Trinajstić information content (AvgIpc) is 2.59. The molecule has 14 heavy (non-hydrogen) atoms. The van der Waals surface area contributed by atoms with Gasteiger partial charge in [-0.2, -0.15) is 0 Å². The third kappa shape index (κ3) is 1.53. The van der Waals surface area contributed by atoms with Crippen molar-refractivity contribution < 1.29 is 14.7 Å². The molecule has 0 amide bonds. The summed E-state index contributed by atoms with van der Waals surface area (Å²) in [6, 6.07) is 0. The van der Waals surface area contributed by atoms with Crippen LogP contribution in [0.25, 0.3) is 0 Å². The highest BCUT2D eigenvalue weighted by Crippen LogP contribution is 2.40. The quantitative estimate of drug-likeness (QED) is 0.696. The van der Waals surface area contributed by atoms with Crippen molar-refractivity contribution >= 4 is 24.0 Å². The van der Waals surface area contributed by atoms with Gasteiger partial charge in [0.05, 0.1) is 4.91 Å². The summed E-state index contributed by atoms with van der Waals surface area (Å²) in [5.41, 5.74) is 0.624. The molecular weight excluding hydrogens is 200 g/mol. The molecule has 0 spiro atoms. The van der Waals surface area contributed by atoms with E-state index in [0.717, 1.165) is 6.29 Å². The van der Waals surface area contributed by atoms with Gasteiger partial charge in [0.2, 0.25) is 0 Å². The Balaban J connectivity index is 2.21. The fourth-order valence-corrected chi connectivity index (χ4v) is 2.69. The Labute approximate surface area is 85.2 Å². The molecule has 0 bridgehead atoms. The van der Waals surface area contributed by atoms with Gasteiger partial charge < -0.3 is 5.11 Å². The third-order valence-corrected chi connectivity index (χ3v) is 3.49. The molecule has 0 aromatic carbocycles. The van der Waals surface area contributed by atoms with Gasteiger partial charge in [0.1, 0.15) is 6.29 Å². The smallest absolute Gasteiger partial charge is 0.341 e. The minimum atomic E-state index is -0.890. The predicted octanol–water partition coefficient (Wildman–Crippen LogP) is 1.38. The first kappa shape index (κ1) is 9.27. The molecule has 1 N–H and O–H groups in total. The number of allylic oxidation sites excluding steroid dienone is 4. The standard InChI is InChI=1S/C10H8O3S/c11-5-6-1-2-7-4-9(10(12)13)14-8(7)3-6/h1-5,7-8H,(H,12,13). The van der Waals surface area contributed by atoms with Gasteiger partial charge in [0.25, 0.3) is 0 Å². The lowest BCUT2D eigenvalue weighted by Gasteiger charge is -2.14. The van der Waals surface area contributed by atoms with Crippen molar-refractivity contribution in [3.05, 3.63) is 34.8 Å². The maximum absolute atomic E-state index is 10.7. The molecule has 2 aliphatic rings. The van der Waals surface area contributed by atoms with Crippen LogP contribution >= 0.6 is 11.8 Å². The summed E-state index contributed by atoms with van der Waals surface area (Å²) >= 11 is 1.30. The second-order valence-electron chi connectivity index (χ2n) is 3.14. The normalized spacial score (nSPS) is 29.1. The molecule has 0 aromatic rings. The molecule has 0 radical (unpaired) electrons. The molecule has 1 aliphatic heterocycles. The second-order valence-corrected chi connectivity index (χ2v) is 4.36. The van der Waals surface area contributed by atoms with Crippen LogP contribution in [0.5, 0.6) is 0 Å². The number of hydrogen-bond acceptors (Lipinski definition) is 3. The summed E-state index contributed by atoms with van der Waals surface area (Å²) in [5, 5.41) is 8.86. The first-order valence-electron chi connectivity index (χ1n) is 4.17. The Bertz CT molecular complexity index is 379. The van der Waals surface area contributed by atoms with E-state index in [1.165, 1.54) is 11.8 Å². The van der Waals surface area contributed by atoms with E-state index in [-0.39, 0.29) is 11.2 Å². The topological polar surface area (TPSA) is 54.4 Å². The fourth-order valence-electron chi connectivity index (χ4n) is 1.51. The molecule has 1 aliphatic carbocycles. The van der Waals surface area contributed by atoms with E-state index in [0.29, 0.717) is 10.5 Å². The van der Waals surface area contributed by atoms with Crippen molar-refractivity contribution in [3.63, 3.8) is 0 Å². The molecular formula is C10H8O3S. The van der Waals surface area contributed by atoms with Crippen LogP contribution in [0.4, 0.5) is 0 Å². The third-order valence-electron chi connectivity index (χ3n) is 2.20. The summed E-state index contributed by atoms with van der Waals surface area (Å²) < 4.78 is 0. The number of carbonyl (C=O) groups excluding carboxylic acids is 1. The van der Waals surface area contributed by atoms with Gasteiger partial charge in [-0.25, -0.2) is 4.79 Å². The number of carbonyl (C=O) groups is 2. The summed E-state index contributed by atoms with van der Waals surface area (Å²) in [6.45, 7) is 0. The van der Waals surface area contributed by atoms with Gasteiger partial charge in [-0.15, -0.1) is 11.8 Å². The van der Waals surface area contributed by atoms with E-state index in [9.17, 15) is 9.59 Å². The van der Waals surface area contributed by atoms with Crippen LogP contribution in [0.3, 0.4) is 0 Å². The van der Waals surface area contributed by atoms with Gasteiger partial charge in [-0.3, -0.25) is 4.79 Å². The van der Waals surface area contributed by atoms with Crippen LogP contribution in [-0.2, 0) is 9.59 Å². The van der Waals surface area contributed by atoms with Gasteiger partial charge in [-0.1, -0.05) is 24.3 Å². The number of hydrogen-bond donors (Lipinski definition) is 1. The van der Waals surface area contributed by atoms with Crippen molar-refractivity contribution in [2.75, 3.05) is 0 Å². The number of carboxylic acid groups (broad SMARTS) is 1. The molecule has 2 atom stereocenters. The predicted molar refractivity (Wildman–Crippen MR) is 53.9 cm³/mol. The van der Waals surface area contributed by atoms with Crippen molar-refractivity contribution in [1.82, 2.24) is 0 Å². The zero-order chi connectivity index (χ0) is 10.1. The zero-order valence-electron chi connectivity index (χ0n) is 7.21. The first-order chi connectivity index (χ1) is 6.70. The van der Waals surface area contributed by atoms with Crippen LogP contribution in [-0.4, -0.2) is 22.6 Å². The number of thioether (sulfide) groups is 1. The lowest BCUT2D eigenvalue weighted by atomic mass is 9.96. The molecule has 1 heterocycles. The van der Waals surface area contributed by atoms with Crippen LogP contribution < -0.4 is 0 Å². The highest BCUT2D eigenvalue weighted by Gasteiger charge is 2.30. The van der Waals surface area contributed by atoms with E-state index >= 15 is 0 Å². The average molecular weight is 208 g/mol.